The maximum absolute atomic E-state index is 12.8. The maximum atomic E-state index is 12.8. The summed E-state index contributed by atoms with van der Waals surface area (Å²) in [5.74, 6) is 0.434. The molecule has 1 aliphatic rings. The third-order valence-electron chi connectivity index (χ3n) is 4.92. The Morgan fingerprint density at radius 3 is 2.36 bits per heavy atom. The van der Waals surface area contributed by atoms with Crippen LogP contribution in [0.4, 0.5) is 5.82 Å². The lowest BCUT2D eigenvalue weighted by Gasteiger charge is -2.20. The summed E-state index contributed by atoms with van der Waals surface area (Å²) in [6.07, 6.45) is 4.87. The number of carbonyl (C=O) groups excluding carboxylic acids is 1. The van der Waals surface area contributed by atoms with Gasteiger partial charge in [0.25, 0.3) is 0 Å². The molecular weight excluding hydrogens is 374 g/mol. The first-order valence-electron chi connectivity index (χ1n) is 9.78. The Labute approximate surface area is 167 Å². The second-order valence-electron chi connectivity index (χ2n) is 7.17. The molecule has 0 spiro atoms. The van der Waals surface area contributed by atoms with Crippen LogP contribution < -0.4 is 5.32 Å². The number of pyridine rings is 1. The van der Waals surface area contributed by atoms with Gasteiger partial charge in [0, 0.05) is 25.2 Å². The molecule has 2 aromatic rings. The van der Waals surface area contributed by atoms with Crippen LogP contribution in [0.2, 0.25) is 0 Å². The van der Waals surface area contributed by atoms with Gasteiger partial charge in [-0.25, -0.2) is 13.4 Å². The van der Waals surface area contributed by atoms with E-state index in [1.54, 1.807) is 34.6 Å². The SMILES string of the molecule is Cc1cccc(NC(=O)CCc2ccc(S(=O)(=O)N3CCCCCC3)cc2)n1. The van der Waals surface area contributed by atoms with E-state index in [4.69, 9.17) is 0 Å². The third-order valence-corrected chi connectivity index (χ3v) is 6.84. The van der Waals surface area contributed by atoms with Crippen LogP contribution in [0.25, 0.3) is 0 Å². The minimum atomic E-state index is -3.43. The molecule has 7 heteroatoms. The van der Waals surface area contributed by atoms with Gasteiger partial charge in [-0.2, -0.15) is 4.31 Å². The molecule has 1 aromatic heterocycles. The van der Waals surface area contributed by atoms with Gasteiger partial charge in [-0.15, -0.1) is 0 Å². The fraction of sp³-hybridized carbons (Fsp3) is 0.429. The highest BCUT2D eigenvalue weighted by Crippen LogP contribution is 2.21. The fourth-order valence-corrected chi connectivity index (χ4v) is 4.85. The summed E-state index contributed by atoms with van der Waals surface area (Å²) in [6.45, 7) is 3.06. The second kappa shape index (κ2) is 9.30. The minimum absolute atomic E-state index is 0.112. The van der Waals surface area contributed by atoms with Crippen LogP contribution in [0.15, 0.2) is 47.4 Å². The monoisotopic (exact) mass is 401 g/mol. The van der Waals surface area contributed by atoms with E-state index < -0.39 is 10.0 Å². The van der Waals surface area contributed by atoms with Crippen molar-refractivity contribution < 1.29 is 13.2 Å². The first kappa shape index (κ1) is 20.5. The van der Waals surface area contributed by atoms with Gasteiger partial charge in [0.15, 0.2) is 0 Å². The van der Waals surface area contributed by atoms with Crippen LogP contribution >= 0.6 is 0 Å². The number of aryl methyl sites for hydroxylation is 2. The molecule has 1 fully saturated rings. The van der Waals surface area contributed by atoms with E-state index in [1.165, 1.54) is 0 Å². The number of aromatic nitrogens is 1. The van der Waals surface area contributed by atoms with Gasteiger partial charge in [0.2, 0.25) is 15.9 Å². The number of nitrogens with zero attached hydrogens (tertiary/aromatic N) is 2. The standard InChI is InChI=1S/C21H27N3O3S/c1-17-7-6-8-20(22-17)23-21(25)14-11-18-9-12-19(13-10-18)28(26,27)24-15-4-2-3-5-16-24/h6-10,12-13H,2-5,11,14-16H2,1H3,(H,22,23,25). The number of benzene rings is 1. The summed E-state index contributed by atoms with van der Waals surface area (Å²) in [6, 6.07) is 12.4. The average Bonchev–Trinajstić information content (AvgIpc) is 2.97. The topological polar surface area (TPSA) is 79.4 Å². The number of hydrogen-bond acceptors (Lipinski definition) is 4. The summed E-state index contributed by atoms with van der Waals surface area (Å²) in [7, 11) is -3.43. The summed E-state index contributed by atoms with van der Waals surface area (Å²) >= 11 is 0. The van der Waals surface area contributed by atoms with Gasteiger partial charge in [0.1, 0.15) is 5.82 Å². The maximum Gasteiger partial charge on any atom is 0.243 e. The van der Waals surface area contributed by atoms with Crippen molar-refractivity contribution in [3.8, 4) is 0 Å². The van der Waals surface area contributed by atoms with Crippen LogP contribution in [-0.4, -0.2) is 36.7 Å². The van der Waals surface area contributed by atoms with Gasteiger partial charge >= 0.3 is 0 Å². The predicted molar refractivity (Wildman–Crippen MR) is 110 cm³/mol. The number of nitrogens with one attached hydrogen (secondary N) is 1. The number of amides is 1. The van der Waals surface area contributed by atoms with Crippen molar-refractivity contribution in [3.63, 3.8) is 0 Å². The molecule has 1 N–H and O–H groups in total. The van der Waals surface area contributed by atoms with Gasteiger partial charge < -0.3 is 5.32 Å². The third kappa shape index (κ3) is 5.39. The van der Waals surface area contributed by atoms with Gasteiger partial charge in [-0.3, -0.25) is 4.79 Å². The lowest BCUT2D eigenvalue weighted by molar-refractivity contribution is -0.116. The summed E-state index contributed by atoms with van der Waals surface area (Å²) in [4.78, 5) is 16.7. The van der Waals surface area contributed by atoms with Gasteiger partial charge in [-0.1, -0.05) is 31.0 Å². The quantitative estimate of drug-likeness (QED) is 0.803. The van der Waals surface area contributed by atoms with Crippen molar-refractivity contribution in [1.82, 2.24) is 9.29 Å². The fourth-order valence-electron chi connectivity index (χ4n) is 3.34. The highest BCUT2D eigenvalue weighted by atomic mass is 32.2. The zero-order chi connectivity index (χ0) is 20.0. The molecule has 0 atom stereocenters. The smallest absolute Gasteiger partial charge is 0.243 e. The molecule has 0 bridgehead atoms. The molecule has 0 aliphatic carbocycles. The number of hydrogen-bond donors (Lipinski definition) is 1. The van der Waals surface area contributed by atoms with E-state index in [0.717, 1.165) is 36.9 Å². The van der Waals surface area contributed by atoms with E-state index in [0.29, 0.717) is 36.6 Å². The van der Waals surface area contributed by atoms with Crippen molar-refractivity contribution in [3.05, 3.63) is 53.7 Å². The molecule has 28 heavy (non-hydrogen) atoms. The zero-order valence-corrected chi connectivity index (χ0v) is 17.0. The summed E-state index contributed by atoms with van der Waals surface area (Å²) < 4.78 is 27.2. The molecule has 6 nitrogen and oxygen atoms in total. The Hall–Kier alpha value is -2.25. The second-order valence-corrected chi connectivity index (χ2v) is 9.11. The van der Waals surface area contributed by atoms with Crippen molar-refractivity contribution in [2.75, 3.05) is 18.4 Å². The van der Waals surface area contributed by atoms with E-state index >= 15 is 0 Å². The minimum Gasteiger partial charge on any atom is -0.311 e. The van der Waals surface area contributed by atoms with Crippen molar-refractivity contribution in [2.24, 2.45) is 0 Å². The van der Waals surface area contributed by atoms with E-state index in [2.05, 4.69) is 10.3 Å². The highest BCUT2D eigenvalue weighted by Gasteiger charge is 2.24. The normalized spacial score (nSPS) is 15.8. The first-order valence-corrected chi connectivity index (χ1v) is 11.2. The largest absolute Gasteiger partial charge is 0.311 e. The molecule has 0 saturated carbocycles. The Morgan fingerprint density at radius 1 is 1.04 bits per heavy atom. The van der Waals surface area contributed by atoms with Crippen LogP contribution in [0.1, 0.15) is 43.4 Å². The van der Waals surface area contributed by atoms with Crippen LogP contribution in [0.5, 0.6) is 0 Å². The lowest BCUT2D eigenvalue weighted by atomic mass is 10.1. The van der Waals surface area contributed by atoms with E-state index in [-0.39, 0.29) is 5.91 Å². The lowest BCUT2D eigenvalue weighted by Crippen LogP contribution is -2.31. The number of rotatable bonds is 6. The van der Waals surface area contributed by atoms with Crippen LogP contribution in [-0.2, 0) is 21.2 Å². The number of sulfonamides is 1. The molecule has 0 unspecified atom stereocenters. The van der Waals surface area contributed by atoms with Crippen molar-refractivity contribution in [1.29, 1.82) is 0 Å². The van der Waals surface area contributed by atoms with Crippen molar-refractivity contribution in [2.45, 2.75) is 50.3 Å². The molecule has 150 valence electrons. The Bertz CT molecular complexity index is 903. The van der Waals surface area contributed by atoms with Crippen molar-refractivity contribution >= 4 is 21.7 Å². The molecule has 1 aliphatic heterocycles. The molecule has 2 heterocycles. The molecule has 1 aromatic carbocycles. The number of anilines is 1. The average molecular weight is 402 g/mol. The summed E-state index contributed by atoms with van der Waals surface area (Å²) in [5.41, 5.74) is 1.78. The van der Waals surface area contributed by atoms with Crippen LogP contribution in [0, 0.1) is 6.92 Å². The number of carbonyl (C=O) groups is 1. The zero-order valence-electron chi connectivity index (χ0n) is 16.2. The molecule has 1 amide bonds. The Morgan fingerprint density at radius 2 is 1.71 bits per heavy atom. The molecule has 0 radical (unpaired) electrons. The Kier molecular flexibility index (Phi) is 6.80. The van der Waals surface area contributed by atoms with Gasteiger partial charge in [-0.05, 0) is 56.0 Å². The molecular formula is C21H27N3O3S. The molecule has 1 saturated heterocycles. The van der Waals surface area contributed by atoms with E-state index in [9.17, 15) is 13.2 Å². The predicted octanol–water partition coefficient (Wildman–Crippen LogP) is 3.53. The van der Waals surface area contributed by atoms with E-state index in [1.807, 2.05) is 19.1 Å². The first-order chi connectivity index (χ1) is 13.4. The Balaban J connectivity index is 1.57. The molecule has 3 rings (SSSR count). The highest BCUT2D eigenvalue weighted by molar-refractivity contribution is 7.89. The summed E-state index contributed by atoms with van der Waals surface area (Å²) in [5, 5.41) is 2.78. The van der Waals surface area contributed by atoms with Crippen LogP contribution in [0.3, 0.4) is 0 Å². The van der Waals surface area contributed by atoms with Gasteiger partial charge in [0.05, 0.1) is 4.90 Å².